The minimum Gasteiger partial charge on any atom is -0.464 e. The van der Waals surface area contributed by atoms with Crippen molar-refractivity contribution in [1.82, 2.24) is 10.3 Å². The van der Waals surface area contributed by atoms with Crippen molar-refractivity contribution in [1.29, 1.82) is 0 Å². The number of nitrogens with zero attached hydrogens (tertiary/aromatic N) is 1. The molecule has 0 radical (unpaired) electrons. The third-order valence-electron chi connectivity index (χ3n) is 2.82. The highest BCUT2D eigenvalue weighted by Crippen LogP contribution is 2.20. The van der Waals surface area contributed by atoms with Crippen molar-refractivity contribution in [2.45, 2.75) is 20.0 Å². The Balaban J connectivity index is 1.66. The summed E-state index contributed by atoms with van der Waals surface area (Å²) in [7, 11) is 0. The van der Waals surface area contributed by atoms with E-state index in [0.29, 0.717) is 0 Å². The molecule has 4 heteroatoms. The first kappa shape index (κ1) is 11.4. The molecule has 0 aliphatic carbocycles. The minimum atomic E-state index is 0.801. The molecule has 92 valence electrons. The van der Waals surface area contributed by atoms with Crippen LogP contribution in [0.3, 0.4) is 0 Å². The molecule has 0 aliphatic rings. The van der Waals surface area contributed by atoms with Gasteiger partial charge in [0.1, 0.15) is 10.6 Å². The van der Waals surface area contributed by atoms with E-state index >= 15 is 0 Å². The number of aromatic nitrogens is 1. The van der Waals surface area contributed by atoms with E-state index in [2.05, 4.69) is 23.3 Å². The van der Waals surface area contributed by atoms with Gasteiger partial charge in [-0.25, -0.2) is 4.98 Å². The van der Waals surface area contributed by atoms with Crippen LogP contribution in [0.5, 0.6) is 0 Å². The summed E-state index contributed by atoms with van der Waals surface area (Å²) < 4.78 is 5.50. The van der Waals surface area contributed by atoms with Gasteiger partial charge >= 0.3 is 0 Å². The number of fused-ring (bicyclic) bond motifs is 1. The SMILES string of the molecule is Cc1cnc(CNCc2coc3ccccc23)s1. The second-order valence-corrected chi connectivity index (χ2v) is 5.54. The first-order valence-corrected chi connectivity index (χ1v) is 6.72. The smallest absolute Gasteiger partial charge is 0.134 e. The van der Waals surface area contributed by atoms with Crippen LogP contribution in [-0.2, 0) is 13.1 Å². The molecule has 0 saturated carbocycles. The summed E-state index contributed by atoms with van der Waals surface area (Å²) in [6, 6.07) is 8.10. The van der Waals surface area contributed by atoms with Gasteiger partial charge in [-0.2, -0.15) is 0 Å². The Morgan fingerprint density at radius 3 is 3.00 bits per heavy atom. The number of nitrogens with one attached hydrogen (secondary N) is 1. The lowest BCUT2D eigenvalue weighted by atomic mass is 10.2. The molecule has 0 fully saturated rings. The van der Waals surface area contributed by atoms with Crippen LogP contribution >= 0.6 is 11.3 Å². The lowest BCUT2D eigenvalue weighted by Crippen LogP contribution is -2.11. The van der Waals surface area contributed by atoms with Gasteiger partial charge in [0.2, 0.25) is 0 Å². The first-order valence-electron chi connectivity index (χ1n) is 5.90. The maximum Gasteiger partial charge on any atom is 0.134 e. The molecule has 0 aliphatic heterocycles. The average molecular weight is 258 g/mol. The Morgan fingerprint density at radius 1 is 1.28 bits per heavy atom. The predicted molar refractivity (Wildman–Crippen MR) is 73.6 cm³/mol. The molecule has 3 aromatic rings. The van der Waals surface area contributed by atoms with Gasteiger partial charge in [-0.3, -0.25) is 0 Å². The van der Waals surface area contributed by atoms with Crippen LogP contribution in [0.15, 0.2) is 41.1 Å². The number of benzene rings is 1. The van der Waals surface area contributed by atoms with Gasteiger partial charge in [0, 0.05) is 35.1 Å². The van der Waals surface area contributed by atoms with E-state index in [9.17, 15) is 0 Å². The summed E-state index contributed by atoms with van der Waals surface area (Å²) in [5, 5.41) is 5.70. The average Bonchev–Trinajstić information content (AvgIpc) is 2.97. The van der Waals surface area contributed by atoms with E-state index in [0.717, 1.165) is 23.7 Å². The van der Waals surface area contributed by atoms with Gasteiger partial charge in [-0.15, -0.1) is 11.3 Å². The van der Waals surface area contributed by atoms with E-state index in [1.54, 1.807) is 11.3 Å². The van der Waals surface area contributed by atoms with Crippen molar-refractivity contribution in [3.05, 3.63) is 52.2 Å². The second kappa shape index (κ2) is 4.92. The van der Waals surface area contributed by atoms with Gasteiger partial charge in [-0.05, 0) is 13.0 Å². The fourth-order valence-electron chi connectivity index (χ4n) is 1.96. The topological polar surface area (TPSA) is 38.1 Å². The molecule has 0 amide bonds. The number of hydrogen-bond donors (Lipinski definition) is 1. The van der Waals surface area contributed by atoms with E-state index in [-0.39, 0.29) is 0 Å². The summed E-state index contributed by atoms with van der Waals surface area (Å²) in [4.78, 5) is 5.58. The Hall–Kier alpha value is -1.65. The highest BCUT2D eigenvalue weighted by molar-refractivity contribution is 7.11. The third kappa shape index (κ3) is 2.30. The fraction of sp³-hybridized carbons (Fsp3) is 0.214. The lowest BCUT2D eigenvalue weighted by molar-refractivity contribution is 0.602. The van der Waals surface area contributed by atoms with Crippen molar-refractivity contribution < 1.29 is 4.42 Å². The Kier molecular flexibility index (Phi) is 3.13. The van der Waals surface area contributed by atoms with E-state index < -0.39 is 0 Å². The van der Waals surface area contributed by atoms with Crippen LogP contribution in [0, 0.1) is 6.92 Å². The van der Waals surface area contributed by atoms with Crippen molar-refractivity contribution in [2.24, 2.45) is 0 Å². The van der Waals surface area contributed by atoms with Crippen molar-refractivity contribution >= 4 is 22.3 Å². The van der Waals surface area contributed by atoms with E-state index in [1.807, 2.05) is 30.7 Å². The molecule has 0 spiro atoms. The Morgan fingerprint density at radius 2 is 2.17 bits per heavy atom. The Labute approximate surface area is 109 Å². The first-order chi connectivity index (χ1) is 8.83. The highest BCUT2D eigenvalue weighted by Gasteiger charge is 2.05. The zero-order valence-corrected chi connectivity index (χ0v) is 11.0. The molecule has 1 aromatic carbocycles. The normalized spacial score (nSPS) is 11.2. The molecule has 0 bridgehead atoms. The van der Waals surface area contributed by atoms with E-state index in [4.69, 9.17) is 4.42 Å². The molecular formula is C14H14N2OS. The number of thiazole rings is 1. The molecule has 2 aromatic heterocycles. The second-order valence-electron chi connectivity index (χ2n) is 4.23. The molecule has 2 heterocycles. The maximum atomic E-state index is 5.50. The van der Waals surface area contributed by atoms with Gasteiger partial charge in [0.15, 0.2) is 0 Å². The number of rotatable bonds is 4. The largest absolute Gasteiger partial charge is 0.464 e. The standard InChI is InChI=1S/C14H14N2OS/c1-10-6-16-14(18-10)8-15-7-11-9-17-13-5-3-2-4-12(11)13/h2-6,9,15H,7-8H2,1H3. The van der Waals surface area contributed by atoms with Gasteiger partial charge in [-0.1, -0.05) is 18.2 Å². The summed E-state index contributed by atoms with van der Waals surface area (Å²) in [5.41, 5.74) is 2.14. The summed E-state index contributed by atoms with van der Waals surface area (Å²) in [6.07, 6.45) is 3.74. The van der Waals surface area contributed by atoms with E-state index in [1.165, 1.54) is 15.8 Å². The van der Waals surface area contributed by atoms with Crippen molar-refractivity contribution in [3.8, 4) is 0 Å². The Bertz CT molecular complexity index is 656. The van der Waals surface area contributed by atoms with Gasteiger partial charge < -0.3 is 9.73 Å². The molecule has 3 rings (SSSR count). The molecule has 18 heavy (non-hydrogen) atoms. The number of hydrogen-bond acceptors (Lipinski definition) is 4. The number of furan rings is 1. The quantitative estimate of drug-likeness (QED) is 0.778. The third-order valence-corrected chi connectivity index (χ3v) is 3.73. The summed E-state index contributed by atoms with van der Waals surface area (Å²) >= 11 is 1.73. The van der Waals surface area contributed by atoms with Gasteiger partial charge in [0.05, 0.1) is 6.26 Å². The summed E-state index contributed by atoms with van der Waals surface area (Å²) in [6.45, 7) is 3.68. The minimum absolute atomic E-state index is 0.801. The monoisotopic (exact) mass is 258 g/mol. The van der Waals surface area contributed by atoms with Crippen LogP contribution < -0.4 is 5.32 Å². The molecule has 0 unspecified atom stereocenters. The summed E-state index contributed by atoms with van der Waals surface area (Å²) in [5.74, 6) is 0. The number of aryl methyl sites for hydroxylation is 1. The van der Waals surface area contributed by atoms with Crippen LogP contribution in [0.25, 0.3) is 11.0 Å². The number of para-hydroxylation sites is 1. The van der Waals surface area contributed by atoms with Crippen LogP contribution in [-0.4, -0.2) is 4.98 Å². The lowest BCUT2D eigenvalue weighted by Gasteiger charge is -2.00. The van der Waals surface area contributed by atoms with Crippen molar-refractivity contribution in [2.75, 3.05) is 0 Å². The molecule has 3 nitrogen and oxygen atoms in total. The molecular weight excluding hydrogens is 244 g/mol. The van der Waals surface area contributed by atoms with Gasteiger partial charge in [0.25, 0.3) is 0 Å². The molecule has 0 atom stereocenters. The predicted octanol–water partition coefficient (Wildman–Crippen LogP) is 3.49. The molecule has 1 N–H and O–H groups in total. The van der Waals surface area contributed by atoms with Crippen molar-refractivity contribution in [3.63, 3.8) is 0 Å². The zero-order valence-electron chi connectivity index (χ0n) is 10.1. The van der Waals surface area contributed by atoms with Crippen LogP contribution in [0.4, 0.5) is 0 Å². The molecule has 0 saturated heterocycles. The van der Waals surface area contributed by atoms with Crippen LogP contribution in [0.2, 0.25) is 0 Å². The fourth-order valence-corrected chi connectivity index (χ4v) is 2.71. The maximum absolute atomic E-state index is 5.50. The van der Waals surface area contributed by atoms with Crippen LogP contribution in [0.1, 0.15) is 15.4 Å². The highest BCUT2D eigenvalue weighted by atomic mass is 32.1. The zero-order chi connectivity index (χ0) is 12.4.